The quantitative estimate of drug-likeness (QED) is 0.496. The van der Waals surface area contributed by atoms with Gasteiger partial charge in [0, 0.05) is 25.6 Å². The molecule has 1 fully saturated rings. The van der Waals surface area contributed by atoms with Crippen LogP contribution in [0.5, 0.6) is 0 Å². The number of rotatable bonds is 5. The minimum absolute atomic E-state index is 0.0386. The molecule has 0 heterocycles. The van der Waals surface area contributed by atoms with Gasteiger partial charge in [-0.1, -0.05) is 0 Å². The molecule has 0 aromatic rings. The number of hydrogen-bond acceptors (Lipinski definition) is 3. The fourth-order valence-electron chi connectivity index (χ4n) is 2.11. The third kappa shape index (κ3) is 6.11. The molecule has 6 N–H and O–H groups in total. The van der Waals surface area contributed by atoms with Gasteiger partial charge in [-0.05, 0) is 31.6 Å². The van der Waals surface area contributed by atoms with Crippen molar-refractivity contribution in [2.24, 2.45) is 17.4 Å². The van der Waals surface area contributed by atoms with Crippen molar-refractivity contribution in [3.8, 4) is 0 Å². The van der Waals surface area contributed by atoms with Crippen molar-refractivity contribution in [2.75, 3.05) is 13.1 Å². The molecule has 3 amide bonds. The van der Waals surface area contributed by atoms with Crippen LogP contribution >= 0.6 is 0 Å². The highest BCUT2D eigenvalue weighted by Gasteiger charge is 2.20. The van der Waals surface area contributed by atoms with Crippen LogP contribution in [0.4, 0.5) is 4.79 Å². The summed E-state index contributed by atoms with van der Waals surface area (Å²) < 4.78 is 0. The summed E-state index contributed by atoms with van der Waals surface area (Å²) in [7, 11) is 0. The molecule has 6 nitrogen and oxygen atoms in total. The number of amides is 3. The van der Waals surface area contributed by atoms with Crippen LogP contribution in [0.15, 0.2) is 0 Å². The zero-order valence-electron chi connectivity index (χ0n) is 10.1. The smallest absolute Gasteiger partial charge is 0.312 e. The first-order valence-corrected chi connectivity index (χ1v) is 6.13. The van der Waals surface area contributed by atoms with Crippen LogP contribution in [-0.2, 0) is 4.79 Å². The Morgan fingerprint density at radius 1 is 1.06 bits per heavy atom. The maximum atomic E-state index is 11.6. The van der Waals surface area contributed by atoms with E-state index in [1.165, 1.54) is 0 Å². The van der Waals surface area contributed by atoms with Gasteiger partial charge in [0.05, 0.1) is 0 Å². The van der Waals surface area contributed by atoms with Gasteiger partial charge < -0.3 is 22.1 Å². The number of nitrogens with two attached hydrogens (primary N) is 2. The second kappa shape index (κ2) is 7.11. The van der Waals surface area contributed by atoms with E-state index in [-0.39, 0.29) is 5.91 Å². The minimum atomic E-state index is -0.569. The van der Waals surface area contributed by atoms with Gasteiger partial charge in [-0.15, -0.1) is 0 Å². The molecular formula is C11H22N4O2. The molecule has 1 saturated carbocycles. The van der Waals surface area contributed by atoms with Crippen LogP contribution in [0.25, 0.3) is 0 Å². The largest absolute Gasteiger partial charge is 0.354 e. The third-order valence-corrected chi connectivity index (χ3v) is 3.11. The Kier molecular flexibility index (Phi) is 5.76. The lowest BCUT2D eigenvalue weighted by molar-refractivity contribution is -0.122. The lowest BCUT2D eigenvalue weighted by Crippen LogP contribution is -2.38. The first-order valence-electron chi connectivity index (χ1n) is 6.13. The Morgan fingerprint density at radius 3 is 2.24 bits per heavy atom. The number of carbonyl (C=O) groups excluding carboxylic acids is 2. The highest BCUT2D eigenvalue weighted by Crippen LogP contribution is 2.25. The van der Waals surface area contributed by atoms with Gasteiger partial charge in [0.15, 0.2) is 0 Å². The average Bonchev–Trinajstić information content (AvgIpc) is 2.27. The standard InChI is InChI=1S/C11H22N4O2/c12-9-3-1-8(2-4-9)7-10(16)14-5-6-15-11(13)17/h8-9H,1-7,12H2,(H,14,16)(H3,13,15,17). The molecule has 0 aromatic heterocycles. The first-order chi connectivity index (χ1) is 8.08. The highest BCUT2D eigenvalue weighted by molar-refractivity contribution is 5.76. The van der Waals surface area contributed by atoms with Gasteiger partial charge in [0.2, 0.25) is 5.91 Å². The van der Waals surface area contributed by atoms with E-state index in [1.807, 2.05) is 0 Å². The molecule has 1 rings (SSSR count). The predicted octanol–water partition coefficient (Wildman–Crippen LogP) is -0.321. The Labute approximate surface area is 101 Å². The van der Waals surface area contributed by atoms with Crippen molar-refractivity contribution in [1.82, 2.24) is 10.6 Å². The number of carbonyl (C=O) groups is 2. The SMILES string of the molecule is NC(=O)NCCNC(=O)CC1CCC(N)CC1. The summed E-state index contributed by atoms with van der Waals surface area (Å²) in [6.45, 7) is 0.796. The normalized spacial score (nSPS) is 24.1. The second-order valence-corrected chi connectivity index (χ2v) is 4.63. The molecule has 98 valence electrons. The summed E-state index contributed by atoms with van der Waals surface area (Å²) in [5, 5.41) is 5.17. The van der Waals surface area contributed by atoms with Crippen LogP contribution in [0.3, 0.4) is 0 Å². The van der Waals surface area contributed by atoms with E-state index in [4.69, 9.17) is 11.5 Å². The van der Waals surface area contributed by atoms with Gasteiger partial charge >= 0.3 is 6.03 Å². The van der Waals surface area contributed by atoms with E-state index in [1.54, 1.807) is 0 Å². The molecule has 0 atom stereocenters. The second-order valence-electron chi connectivity index (χ2n) is 4.63. The fraction of sp³-hybridized carbons (Fsp3) is 0.818. The molecule has 1 aliphatic carbocycles. The summed E-state index contributed by atoms with van der Waals surface area (Å²) in [5.41, 5.74) is 10.7. The van der Waals surface area contributed by atoms with Gasteiger partial charge in [-0.25, -0.2) is 4.79 Å². The molecule has 1 aliphatic rings. The van der Waals surface area contributed by atoms with Crippen molar-refractivity contribution in [3.05, 3.63) is 0 Å². The Hall–Kier alpha value is -1.30. The van der Waals surface area contributed by atoms with Crippen molar-refractivity contribution in [1.29, 1.82) is 0 Å². The van der Waals surface area contributed by atoms with Crippen molar-refractivity contribution >= 4 is 11.9 Å². The lowest BCUT2D eigenvalue weighted by atomic mass is 9.84. The van der Waals surface area contributed by atoms with E-state index in [0.717, 1.165) is 25.7 Å². The molecule has 0 aromatic carbocycles. The monoisotopic (exact) mass is 242 g/mol. The molecule has 0 unspecified atom stereocenters. The fourth-order valence-corrected chi connectivity index (χ4v) is 2.11. The zero-order chi connectivity index (χ0) is 12.7. The van der Waals surface area contributed by atoms with E-state index < -0.39 is 6.03 Å². The average molecular weight is 242 g/mol. The molecule has 0 aliphatic heterocycles. The van der Waals surface area contributed by atoms with Crippen LogP contribution < -0.4 is 22.1 Å². The number of urea groups is 1. The molecule has 0 spiro atoms. The Bertz CT molecular complexity index is 262. The van der Waals surface area contributed by atoms with Crippen LogP contribution in [-0.4, -0.2) is 31.1 Å². The molecule has 0 bridgehead atoms. The van der Waals surface area contributed by atoms with Crippen LogP contribution in [0.2, 0.25) is 0 Å². The molecule has 17 heavy (non-hydrogen) atoms. The number of primary amides is 1. The lowest BCUT2D eigenvalue weighted by Gasteiger charge is -2.25. The maximum Gasteiger partial charge on any atom is 0.312 e. The number of nitrogens with one attached hydrogen (secondary N) is 2. The van der Waals surface area contributed by atoms with Crippen molar-refractivity contribution in [2.45, 2.75) is 38.1 Å². The number of hydrogen-bond donors (Lipinski definition) is 4. The molecule has 0 radical (unpaired) electrons. The van der Waals surface area contributed by atoms with Crippen molar-refractivity contribution < 1.29 is 9.59 Å². The van der Waals surface area contributed by atoms with Crippen molar-refractivity contribution in [3.63, 3.8) is 0 Å². The predicted molar refractivity (Wildman–Crippen MR) is 65.1 cm³/mol. The minimum Gasteiger partial charge on any atom is -0.354 e. The van der Waals surface area contributed by atoms with Gasteiger partial charge in [0.25, 0.3) is 0 Å². The molecule has 0 saturated heterocycles. The van der Waals surface area contributed by atoms with Crippen LogP contribution in [0.1, 0.15) is 32.1 Å². The summed E-state index contributed by atoms with van der Waals surface area (Å²) >= 11 is 0. The summed E-state index contributed by atoms with van der Waals surface area (Å²) in [5.74, 6) is 0.496. The van der Waals surface area contributed by atoms with Gasteiger partial charge in [0.1, 0.15) is 0 Å². The molecule has 6 heteroatoms. The van der Waals surface area contributed by atoms with Gasteiger partial charge in [-0.3, -0.25) is 4.79 Å². The first kappa shape index (κ1) is 13.8. The molecular weight excluding hydrogens is 220 g/mol. The summed E-state index contributed by atoms with van der Waals surface area (Å²) in [4.78, 5) is 21.9. The van der Waals surface area contributed by atoms with Crippen LogP contribution in [0, 0.1) is 5.92 Å². The van der Waals surface area contributed by atoms with E-state index in [9.17, 15) is 9.59 Å². The Morgan fingerprint density at radius 2 is 1.65 bits per heavy atom. The zero-order valence-corrected chi connectivity index (χ0v) is 10.1. The third-order valence-electron chi connectivity index (χ3n) is 3.11. The Balaban J connectivity index is 2.06. The van der Waals surface area contributed by atoms with E-state index >= 15 is 0 Å². The maximum absolute atomic E-state index is 11.6. The summed E-state index contributed by atoms with van der Waals surface area (Å²) in [6, 6.07) is -0.255. The topological polar surface area (TPSA) is 110 Å². The summed E-state index contributed by atoms with van der Waals surface area (Å²) in [6.07, 6.45) is 4.66. The van der Waals surface area contributed by atoms with E-state index in [0.29, 0.717) is 31.5 Å². The van der Waals surface area contributed by atoms with E-state index in [2.05, 4.69) is 10.6 Å². The van der Waals surface area contributed by atoms with Gasteiger partial charge in [-0.2, -0.15) is 0 Å². The highest BCUT2D eigenvalue weighted by atomic mass is 16.2.